The van der Waals surface area contributed by atoms with E-state index < -0.39 is 0 Å². The number of hydrogen-bond acceptors (Lipinski definition) is 2. The van der Waals surface area contributed by atoms with Crippen molar-refractivity contribution < 1.29 is 0 Å². The molecule has 0 atom stereocenters. The number of nitrogens with one attached hydrogen (secondary N) is 1. The zero-order valence-electron chi connectivity index (χ0n) is 7.28. The Morgan fingerprint density at radius 2 is 1.90 bits per heavy atom. The molecule has 2 saturated heterocycles. The Morgan fingerprint density at radius 3 is 1.90 bits per heavy atom. The molecular weight excluding hydrogens is 124 g/mol. The van der Waals surface area contributed by atoms with Crippen molar-refractivity contribution in [3.05, 3.63) is 0 Å². The number of nitrogens with zero attached hydrogens (tertiary/aromatic N) is 1. The predicted molar refractivity (Wildman–Crippen MR) is 44.2 cm³/mol. The molecule has 0 aromatic carbocycles. The van der Waals surface area contributed by atoms with Gasteiger partial charge in [-0.05, 0) is 13.5 Å². The molecule has 0 saturated carbocycles. The quantitative estimate of drug-likeness (QED) is 0.535. The average molecular weight is 142 g/mol. The van der Waals surface area contributed by atoms with Crippen molar-refractivity contribution >= 4 is 0 Å². The summed E-state index contributed by atoms with van der Waals surface area (Å²) in [5.41, 5.74) is 0.625. The first-order valence-electron chi connectivity index (χ1n) is 4.25. The van der Waals surface area contributed by atoms with Gasteiger partial charge in [-0.15, -0.1) is 0 Å². The topological polar surface area (TPSA) is 15.3 Å². The van der Waals surface area contributed by atoms with E-state index in [1.54, 1.807) is 0 Å². The molecule has 1 N–H and O–H groups in total. The van der Waals surface area contributed by atoms with Crippen LogP contribution in [0.4, 0.5) is 0 Å². The zero-order chi connectivity index (χ0) is 7.61. The second kappa shape index (κ2) is 2.89. The number of likely N-dealkylation sites (tertiary alicyclic amines) is 1. The minimum absolute atomic E-state index is 0.625. The van der Waals surface area contributed by atoms with Crippen LogP contribution in [0.1, 0.15) is 20.3 Å². The molecule has 2 nitrogen and oxygen atoms in total. The lowest BCUT2D eigenvalue weighted by molar-refractivity contribution is -0.0312. The fraction of sp³-hybridized carbons (Fsp3) is 1.00. The fourth-order valence-electron chi connectivity index (χ4n) is 1.51. The maximum Gasteiger partial charge on any atom is 0.0467 e. The van der Waals surface area contributed by atoms with E-state index in [0.29, 0.717) is 5.54 Å². The van der Waals surface area contributed by atoms with Crippen molar-refractivity contribution in [2.75, 3.05) is 26.7 Å². The molecular formula is C8H18N2. The van der Waals surface area contributed by atoms with Gasteiger partial charge < -0.3 is 5.32 Å². The Labute approximate surface area is 63.6 Å². The van der Waals surface area contributed by atoms with Gasteiger partial charge in [-0.1, -0.05) is 13.8 Å². The van der Waals surface area contributed by atoms with E-state index in [0.717, 1.165) is 0 Å². The Bertz CT molecular complexity index is 102. The summed E-state index contributed by atoms with van der Waals surface area (Å²) in [6, 6.07) is 0. The molecule has 2 aliphatic rings. The minimum Gasteiger partial charge on any atom is -0.313 e. The third-order valence-corrected chi connectivity index (χ3v) is 2.63. The fourth-order valence-corrected chi connectivity index (χ4v) is 1.51. The number of likely N-dealkylation sites (N-methyl/N-ethyl adjacent to an activating group) is 1. The third kappa shape index (κ3) is 0.956. The molecule has 1 spiro atoms. The Kier molecular flexibility index (Phi) is 2.32. The molecule has 0 unspecified atom stereocenters. The molecule has 2 fully saturated rings. The van der Waals surface area contributed by atoms with Crippen molar-refractivity contribution in [2.24, 2.45) is 0 Å². The lowest BCUT2D eigenvalue weighted by Crippen LogP contribution is -2.74. The molecule has 0 aromatic rings. The molecule has 0 aromatic heterocycles. The summed E-state index contributed by atoms with van der Waals surface area (Å²) in [6.45, 7) is 7.76. The lowest BCUT2D eigenvalue weighted by atomic mass is 9.80. The van der Waals surface area contributed by atoms with Gasteiger partial charge >= 0.3 is 0 Å². The van der Waals surface area contributed by atoms with Crippen LogP contribution in [0.5, 0.6) is 0 Å². The molecule has 10 heavy (non-hydrogen) atoms. The van der Waals surface area contributed by atoms with Gasteiger partial charge in [-0.3, -0.25) is 4.90 Å². The van der Waals surface area contributed by atoms with Crippen LogP contribution in [-0.4, -0.2) is 37.1 Å². The van der Waals surface area contributed by atoms with Crippen LogP contribution >= 0.6 is 0 Å². The van der Waals surface area contributed by atoms with Gasteiger partial charge in [0.25, 0.3) is 0 Å². The third-order valence-electron chi connectivity index (χ3n) is 2.63. The highest BCUT2D eigenvalue weighted by molar-refractivity contribution is 5.07. The van der Waals surface area contributed by atoms with E-state index in [1.807, 2.05) is 13.8 Å². The molecule has 0 aliphatic carbocycles. The van der Waals surface area contributed by atoms with Crippen LogP contribution in [0, 0.1) is 0 Å². The number of hydrogen-bond donors (Lipinski definition) is 1. The van der Waals surface area contributed by atoms with E-state index in [9.17, 15) is 0 Å². The zero-order valence-corrected chi connectivity index (χ0v) is 7.28. The van der Waals surface area contributed by atoms with Crippen LogP contribution in [-0.2, 0) is 0 Å². The van der Waals surface area contributed by atoms with Crippen LogP contribution in [0.2, 0.25) is 0 Å². The summed E-state index contributed by atoms with van der Waals surface area (Å²) in [4.78, 5) is 2.45. The maximum absolute atomic E-state index is 3.29. The molecule has 0 bridgehead atoms. The molecule has 2 aliphatic heterocycles. The van der Waals surface area contributed by atoms with Crippen LogP contribution in [0.15, 0.2) is 0 Å². The average Bonchev–Trinajstić information content (AvgIpc) is 1.86. The van der Waals surface area contributed by atoms with E-state index in [4.69, 9.17) is 0 Å². The predicted octanol–water partition coefficient (Wildman–Crippen LogP) is 0.690. The number of rotatable bonds is 0. The normalized spacial score (nSPS) is 27.9. The largest absolute Gasteiger partial charge is 0.313 e. The summed E-state index contributed by atoms with van der Waals surface area (Å²) in [7, 11) is 2.21. The van der Waals surface area contributed by atoms with Crippen molar-refractivity contribution in [3.8, 4) is 0 Å². The molecule has 2 heteroatoms. The summed E-state index contributed by atoms with van der Waals surface area (Å²) >= 11 is 0. The Balaban J connectivity index is 0.000000231. The lowest BCUT2D eigenvalue weighted by Gasteiger charge is -2.57. The van der Waals surface area contributed by atoms with Crippen LogP contribution < -0.4 is 5.32 Å². The molecule has 2 rings (SSSR count). The van der Waals surface area contributed by atoms with Gasteiger partial charge in [0.1, 0.15) is 0 Å². The first kappa shape index (κ1) is 8.02. The van der Waals surface area contributed by atoms with Crippen molar-refractivity contribution in [2.45, 2.75) is 25.8 Å². The van der Waals surface area contributed by atoms with Crippen molar-refractivity contribution in [1.82, 2.24) is 10.2 Å². The van der Waals surface area contributed by atoms with E-state index in [1.165, 1.54) is 26.1 Å². The SMILES string of the molecule is CC.CN1CCC12CNC2. The second-order valence-corrected chi connectivity index (χ2v) is 3.00. The van der Waals surface area contributed by atoms with E-state index in [-0.39, 0.29) is 0 Å². The summed E-state index contributed by atoms with van der Waals surface area (Å²) in [5, 5.41) is 3.29. The van der Waals surface area contributed by atoms with Gasteiger partial charge in [-0.25, -0.2) is 0 Å². The highest BCUT2D eigenvalue weighted by Gasteiger charge is 2.46. The molecule has 0 amide bonds. The first-order valence-corrected chi connectivity index (χ1v) is 4.25. The monoisotopic (exact) mass is 142 g/mol. The highest BCUT2D eigenvalue weighted by Crippen LogP contribution is 2.31. The van der Waals surface area contributed by atoms with Gasteiger partial charge in [0.05, 0.1) is 0 Å². The standard InChI is InChI=1S/C6H12N2.C2H6/c1-8-3-2-6(8)4-7-5-6;1-2/h7H,2-5H2,1H3;1-2H3. The van der Waals surface area contributed by atoms with E-state index >= 15 is 0 Å². The summed E-state index contributed by atoms with van der Waals surface area (Å²) in [6.07, 6.45) is 1.41. The van der Waals surface area contributed by atoms with Crippen molar-refractivity contribution in [3.63, 3.8) is 0 Å². The van der Waals surface area contributed by atoms with Crippen molar-refractivity contribution in [1.29, 1.82) is 0 Å². The maximum atomic E-state index is 3.29. The highest BCUT2D eigenvalue weighted by atomic mass is 15.3. The smallest absolute Gasteiger partial charge is 0.0467 e. The minimum atomic E-state index is 0.625. The summed E-state index contributed by atoms with van der Waals surface area (Å²) < 4.78 is 0. The summed E-state index contributed by atoms with van der Waals surface area (Å²) in [5.74, 6) is 0. The molecule has 2 heterocycles. The van der Waals surface area contributed by atoms with E-state index in [2.05, 4.69) is 17.3 Å². The van der Waals surface area contributed by atoms with Gasteiger partial charge in [0.2, 0.25) is 0 Å². The molecule has 60 valence electrons. The first-order chi connectivity index (χ1) is 4.83. The Morgan fingerprint density at radius 1 is 1.30 bits per heavy atom. The van der Waals surface area contributed by atoms with Crippen LogP contribution in [0.3, 0.4) is 0 Å². The second-order valence-electron chi connectivity index (χ2n) is 3.00. The molecule has 0 radical (unpaired) electrons. The van der Waals surface area contributed by atoms with Gasteiger partial charge in [0, 0.05) is 25.2 Å². The van der Waals surface area contributed by atoms with Gasteiger partial charge in [0.15, 0.2) is 0 Å². The Hall–Kier alpha value is -0.0800. The van der Waals surface area contributed by atoms with Crippen LogP contribution in [0.25, 0.3) is 0 Å². The van der Waals surface area contributed by atoms with Gasteiger partial charge in [-0.2, -0.15) is 0 Å².